The lowest BCUT2D eigenvalue weighted by Gasteiger charge is -2.29. The number of aryl methyl sites for hydroxylation is 1. The Kier molecular flexibility index (Phi) is 8.01. The van der Waals surface area contributed by atoms with Gasteiger partial charge in [0.25, 0.3) is 0 Å². The molecule has 0 radical (unpaired) electrons. The third-order valence-electron chi connectivity index (χ3n) is 6.61. The smallest absolute Gasteiger partial charge is 0.319 e. The molecule has 34 heavy (non-hydrogen) atoms. The van der Waals surface area contributed by atoms with E-state index in [9.17, 15) is 4.79 Å². The lowest BCUT2D eigenvalue weighted by Crippen LogP contribution is -2.36. The lowest BCUT2D eigenvalue weighted by molar-refractivity contribution is -0.116. The van der Waals surface area contributed by atoms with Crippen LogP contribution in [-0.2, 0) is 24.2 Å². The molecule has 1 N–H and O–H groups in total. The van der Waals surface area contributed by atoms with Crippen molar-refractivity contribution in [3.05, 3.63) is 82.4 Å². The van der Waals surface area contributed by atoms with Crippen LogP contribution in [0.25, 0.3) is 0 Å². The first-order chi connectivity index (χ1) is 16.5. The summed E-state index contributed by atoms with van der Waals surface area (Å²) in [4.78, 5) is 24.7. The van der Waals surface area contributed by atoms with Gasteiger partial charge in [0.1, 0.15) is 24.0 Å². The van der Waals surface area contributed by atoms with Crippen molar-refractivity contribution < 1.29 is 9.53 Å². The molecule has 3 aromatic rings. The molecule has 1 heterocycles. The summed E-state index contributed by atoms with van der Waals surface area (Å²) in [6.07, 6.45) is 6.83. The van der Waals surface area contributed by atoms with Crippen LogP contribution in [0.5, 0.6) is 6.01 Å². The molecule has 6 nitrogen and oxygen atoms in total. The molecule has 0 aliphatic heterocycles. The largest absolute Gasteiger partial charge is 0.460 e. The second-order valence-corrected chi connectivity index (χ2v) is 9.40. The molecule has 0 amide bonds. The predicted molar refractivity (Wildman–Crippen MR) is 133 cm³/mol. The van der Waals surface area contributed by atoms with Gasteiger partial charge in [0, 0.05) is 25.4 Å². The zero-order valence-corrected chi connectivity index (χ0v) is 20.4. The number of nitrogens with one attached hydrogen (secondary N) is 1. The van der Waals surface area contributed by atoms with Gasteiger partial charge >= 0.3 is 6.01 Å². The van der Waals surface area contributed by atoms with Crippen LogP contribution in [0.4, 0.5) is 0 Å². The van der Waals surface area contributed by atoms with Crippen molar-refractivity contribution in [3.63, 3.8) is 0 Å². The van der Waals surface area contributed by atoms with Gasteiger partial charge in [0.15, 0.2) is 0 Å². The molecule has 0 atom stereocenters. The molecule has 1 aromatic heterocycles. The van der Waals surface area contributed by atoms with Gasteiger partial charge in [0.05, 0.1) is 0 Å². The number of hydrogen-bond donors (Lipinski definition) is 1. The maximum Gasteiger partial charge on any atom is 0.319 e. The second kappa shape index (κ2) is 11.3. The normalized spacial score (nSPS) is 18.0. The molecule has 1 aliphatic rings. The lowest BCUT2D eigenvalue weighted by atomic mass is 9.93. The molecule has 2 aromatic carbocycles. The molecule has 0 bridgehead atoms. The Hall–Kier alpha value is -3.12. The number of Topliss-reactive ketones (excluding diaryl/α,β-unsaturated/α-hetero) is 1. The van der Waals surface area contributed by atoms with E-state index in [0.29, 0.717) is 30.7 Å². The van der Waals surface area contributed by atoms with Crippen molar-refractivity contribution in [3.8, 4) is 6.01 Å². The summed E-state index contributed by atoms with van der Waals surface area (Å²) in [6, 6.07) is 15.7. The summed E-state index contributed by atoms with van der Waals surface area (Å²) in [7, 11) is 0. The molecular formula is C28H34N4O2. The van der Waals surface area contributed by atoms with Gasteiger partial charge in [-0.15, -0.1) is 0 Å². The fourth-order valence-corrected chi connectivity index (χ4v) is 4.52. The zero-order valence-electron chi connectivity index (χ0n) is 20.4. The van der Waals surface area contributed by atoms with Crippen molar-refractivity contribution in [1.82, 2.24) is 20.3 Å². The Balaban J connectivity index is 1.29. The number of aromatic nitrogens is 3. The molecule has 1 saturated carbocycles. The standard InChI is InChI=1S/C28H34N4O2/c1-19-7-9-22(10-8-19)17-29-25-11-13-26(14-12-25)34-28-31-18-30-27(32-28)16-24-6-4-5-23(21(24)3)15-20(2)33/h4-10,18,25-26,29H,11-17H2,1-3H3. The van der Waals surface area contributed by atoms with Crippen LogP contribution in [0.3, 0.4) is 0 Å². The van der Waals surface area contributed by atoms with Crippen LogP contribution in [0.2, 0.25) is 0 Å². The maximum absolute atomic E-state index is 11.5. The van der Waals surface area contributed by atoms with Gasteiger partial charge in [-0.1, -0.05) is 48.0 Å². The maximum atomic E-state index is 11.5. The van der Waals surface area contributed by atoms with Gasteiger partial charge in [0.2, 0.25) is 0 Å². The van der Waals surface area contributed by atoms with Gasteiger partial charge in [-0.05, 0) is 68.7 Å². The Bertz CT molecular complexity index is 1110. The van der Waals surface area contributed by atoms with Crippen LogP contribution >= 0.6 is 0 Å². The van der Waals surface area contributed by atoms with Gasteiger partial charge < -0.3 is 10.1 Å². The molecule has 178 valence electrons. The van der Waals surface area contributed by atoms with Gasteiger partial charge in [-0.2, -0.15) is 9.97 Å². The van der Waals surface area contributed by atoms with E-state index in [2.05, 4.69) is 64.4 Å². The average molecular weight is 459 g/mol. The molecule has 0 saturated heterocycles. The molecule has 0 spiro atoms. The van der Waals surface area contributed by atoms with E-state index in [1.54, 1.807) is 6.92 Å². The monoisotopic (exact) mass is 458 g/mol. The molecule has 0 unspecified atom stereocenters. The highest BCUT2D eigenvalue weighted by Crippen LogP contribution is 2.23. The van der Waals surface area contributed by atoms with Gasteiger partial charge in [-0.25, -0.2) is 4.98 Å². The first-order valence-corrected chi connectivity index (χ1v) is 12.2. The van der Waals surface area contributed by atoms with Crippen molar-refractivity contribution in [2.75, 3.05) is 0 Å². The van der Waals surface area contributed by atoms with E-state index in [4.69, 9.17) is 4.74 Å². The molecule has 4 rings (SSSR count). The van der Waals surface area contributed by atoms with Crippen LogP contribution in [0, 0.1) is 13.8 Å². The Morgan fingerprint density at radius 2 is 1.74 bits per heavy atom. The first-order valence-electron chi connectivity index (χ1n) is 12.2. The minimum absolute atomic E-state index is 0.133. The van der Waals surface area contributed by atoms with Crippen LogP contribution < -0.4 is 10.1 Å². The zero-order chi connectivity index (χ0) is 23.9. The van der Waals surface area contributed by atoms with E-state index in [0.717, 1.165) is 48.9 Å². The Morgan fingerprint density at radius 3 is 2.47 bits per heavy atom. The van der Waals surface area contributed by atoms with Crippen molar-refractivity contribution in [2.24, 2.45) is 0 Å². The van der Waals surface area contributed by atoms with E-state index >= 15 is 0 Å². The molecular weight excluding hydrogens is 424 g/mol. The molecule has 1 fully saturated rings. The van der Waals surface area contributed by atoms with Crippen molar-refractivity contribution in [2.45, 2.75) is 78.0 Å². The molecule has 6 heteroatoms. The minimum atomic E-state index is 0.133. The number of nitrogens with zero attached hydrogens (tertiary/aromatic N) is 3. The van der Waals surface area contributed by atoms with E-state index in [1.165, 1.54) is 17.5 Å². The highest BCUT2D eigenvalue weighted by Gasteiger charge is 2.23. The number of carbonyl (C=O) groups is 1. The number of ketones is 1. The number of ether oxygens (including phenoxy) is 1. The number of carbonyl (C=O) groups excluding carboxylic acids is 1. The third-order valence-corrected chi connectivity index (χ3v) is 6.61. The van der Waals surface area contributed by atoms with E-state index in [-0.39, 0.29) is 11.9 Å². The topological polar surface area (TPSA) is 77.0 Å². The summed E-state index contributed by atoms with van der Waals surface area (Å²) in [5, 5.41) is 3.68. The number of benzene rings is 2. The van der Waals surface area contributed by atoms with Crippen molar-refractivity contribution >= 4 is 5.78 Å². The first kappa shape index (κ1) is 24.0. The summed E-state index contributed by atoms with van der Waals surface area (Å²) in [5.74, 6) is 0.845. The second-order valence-electron chi connectivity index (χ2n) is 9.40. The number of rotatable bonds is 9. The fraction of sp³-hybridized carbons (Fsp3) is 0.429. The summed E-state index contributed by atoms with van der Waals surface area (Å²) >= 11 is 0. The molecule has 1 aliphatic carbocycles. The third kappa shape index (κ3) is 6.70. The van der Waals surface area contributed by atoms with Crippen molar-refractivity contribution in [1.29, 1.82) is 0 Å². The highest BCUT2D eigenvalue weighted by molar-refractivity contribution is 5.78. The number of hydrogen-bond acceptors (Lipinski definition) is 6. The SMILES string of the molecule is CC(=O)Cc1cccc(Cc2ncnc(OC3CCC(NCc4ccc(C)cc4)CC3)n2)c1C. The summed E-state index contributed by atoms with van der Waals surface area (Å²) in [5.41, 5.74) is 5.92. The Labute approximate surface area is 202 Å². The quantitative estimate of drug-likeness (QED) is 0.501. The summed E-state index contributed by atoms with van der Waals surface area (Å²) < 4.78 is 6.13. The highest BCUT2D eigenvalue weighted by atomic mass is 16.5. The average Bonchev–Trinajstić information content (AvgIpc) is 2.82. The summed E-state index contributed by atoms with van der Waals surface area (Å²) in [6.45, 7) is 6.69. The van der Waals surface area contributed by atoms with Crippen LogP contribution in [0.15, 0.2) is 48.8 Å². The van der Waals surface area contributed by atoms with Crippen LogP contribution in [0.1, 0.15) is 66.2 Å². The minimum Gasteiger partial charge on any atom is -0.460 e. The fourth-order valence-electron chi connectivity index (χ4n) is 4.52. The van der Waals surface area contributed by atoms with Crippen LogP contribution in [-0.4, -0.2) is 32.9 Å². The van der Waals surface area contributed by atoms with Gasteiger partial charge in [-0.3, -0.25) is 4.79 Å². The predicted octanol–water partition coefficient (Wildman–Crippen LogP) is 4.69. The van der Waals surface area contributed by atoms with E-state index in [1.807, 2.05) is 12.1 Å². The van der Waals surface area contributed by atoms with E-state index < -0.39 is 0 Å². The Morgan fingerprint density at radius 1 is 1.00 bits per heavy atom.